The molecule has 1 rings (SSSR count). The topological polar surface area (TPSA) is 79.3 Å². The van der Waals surface area contributed by atoms with Crippen molar-refractivity contribution in [3.05, 3.63) is 35.4 Å². The van der Waals surface area contributed by atoms with E-state index < -0.39 is 6.04 Å². The van der Waals surface area contributed by atoms with E-state index in [9.17, 15) is 4.79 Å². The summed E-state index contributed by atoms with van der Waals surface area (Å²) in [4.78, 5) is 13.4. The molecule has 0 saturated heterocycles. The van der Waals surface area contributed by atoms with E-state index in [0.29, 0.717) is 12.1 Å². The van der Waals surface area contributed by atoms with Crippen LogP contribution in [0.4, 0.5) is 0 Å². The Labute approximate surface area is 107 Å². The maximum atomic E-state index is 11.8. The molecule has 0 aliphatic heterocycles. The predicted octanol–water partition coefficient (Wildman–Crippen LogP) is 0.490. The third-order valence-corrected chi connectivity index (χ3v) is 2.54. The van der Waals surface area contributed by atoms with Crippen LogP contribution in [-0.4, -0.2) is 37.6 Å². The number of methoxy groups -OCH3 is 1. The molecule has 0 bridgehead atoms. The van der Waals surface area contributed by atoms with Crippen molar-refractivity contribution in [2.24, 2.45) is 5.73 Å². The fourth-order valence-electron chi connectivity index (χ4n) is 1.57. The van der Waals surface area contributed by atoms with Crippen LogP contribution in [0.15, 0.2) is 24.3 Å². The first-order valence-corrected chi connectivity index (χ1v) is 5.57. The maximum absolute atomic E-state index is 11.8. The Hall–Kier alpha value is -1.90. The molecule has 0 radical (unpaired) electrons. The van der Waals surface area contributed by atoms with Crippen LogP contribution >= 0.6 is 0 Å². The molecule has 18 heavy (non-hydrogen) atoms. The van der Waals surface area contributed by atoms with Crippen molar-refractivity contribution in [3.8, 4) is 6.07 Å². The van der Waals surface area contributed by atoms with E-state index >= 15 is 0 Å². The molecule has 1 aromatic carbocycles. The van der Waals surface area contributed by atoms with Gasteiger partial charge in [0.15, 0.2) is 0 Å². The Kier molecular flexibility index (Phi) is 5.31. The van der Waals surface area contributed by atoms with Gasteiger partial charge in [0.25, 0.3) is 0 Å². The number of hydrogen-bond acceptors (Lipinski definition) is 4. The molecular formula is C13H17N3O2. The Morgan fingerprint density at radius 3 is 2.61 bits per heavy atom. The minimum atomic E-state index is -0.640. The third kappa shape index (κ3) is 3.84. The zero-order valence-electron chi connectivity index (χ0n) is 10.6. The van der Waals surface area contributed by atoms with Gasteiger partial charge in [-0.3, -0.25) is 4.79 Å². The highest BCUT2D eigenvalue weighted by Crippen LogP contribution is 2.06. The average molecular weight is 247 g/mol. The number of carbonyl (C=O) groups excluding carboxylic acids is 1. The van der Waals surface area contributed by atoms with Crippen LogP contribution in [0.1, 0.15) is 11.1 Å². The second-order valence-electron chi connectivity index (χ2n) is 4.06. The van der Waals surface area contributed by atoms with Crippen LogP contribution in [0.3, 0.4) is 0 Å². The van der Waals surface area contributed by atoms with Crippen LogP contribution in [0.2, 0.25) is 0 Å². The number of carbonyl (C=O) groups is 1. The monoisotopic (exact) mass is 247 g/mol. The number of ether oxygens (including phenoxy) is 1. The Morgan fingerprint density at radius 2 is 2.11 bits per heavy atom. The first kappa shape index (κ1) is 14.2. The number of nitrogens with zero attached hydrogens (tertiary/aromatic N) is 2. The van der Waals surface area contributed by atoms with Crippen LogP contribution in [0.25, 0.3) is 0 Å². The molecule has 1 aromatic rings. The minimum absolute atomic E-state index is 0.166. The highest BCUT2D eigenvalue weighted by molar-refractivity contribution is 5.81. The summed E-state index contributed by atoms with van der Waals surface area (Å²) in [5.41, 5.74) is 7.22. The van der Waals surface area contributed by atoms with Crippen LogP contribution in [0, 0.1) is 11.3 Å². The summed E-state index contributed by atoms with van der Waals surface area (Å²) in [6.45, 7) is 0.665. The predicted molar refractivity (Wildman–Crippen MR) is 67.5 cm³/mol. The molecule has 5 nitrogen and oxygen atoms in total. The first-order chi connectivity index (χ1) is 8.58. The molecule has 0 aromatic heterocycles. The number of benzene rings is 1. The van der Waals surface area contributed by atoms with Crippen molar-refractivity contribution < 1.29 is 9.53 Å². The number of hydrogen-bond donors (Lipinski definition) is 1. The van der Waals surface area contributed by atoms with Gasteiger partial charge in [-0.05, 0) is 17.7 Å². The van der Waals surface area contributed by atoms with E-state index in [1.54, 1.807) is 24.1 Å². The van der Waals surface area contributed by atoms with Crippen molar-refractivity contribution in [2.45, 2.75) is 12.6 Å². The van der Waals surface area contributed by atoms with Gasteiger partial charge in [0, 0.05) is 20.7 Å². The van der Waals surface area contributed by atoms with E-state index in [-0.39, 0.29) is 12.5 Å². The smallest absolute Gasteiger partial charge is 0.241 e. The molecule has 0 aliphatic rings. The standard InChI is InChI=1S/C13H17N3O2/c1-16(13(17)12(15)9-18-2)8-11-5-3-10(7-14)4-6-11/h3-6,12H,8-9,15H2,1-2H3. The molecule has 0 aliphatic carbocycles. The lowest BCUT2D eigenvalue weighted by atomic mass is 10.1. The van der Waals surface area contributed by atoms with Gasteiger partial charge in [0.2, 0.25) is 5.91 Å². The number of likely N-dealkylation sites (N-methyl/N-ethyl adjacent to an activating group) is 1. The summed E-state index contributed by atoms with van der Waals surface area (Å²) in [5.74, 6) is -0.166. The number of rotatable bonds is 5. The molecule has 0 spiro atoms. The second-order valence-corrected chi connectivity index (χ2v) is 4.06. The van der Waals surface area contributed by atoms with Crippen molar-refractivity contribution in [1.29, 1.82) is 5.26 Å². The van der Waals surface area contributed by atoms with Crippen molar-refractivity contribution in [1.82, 2.24) is 4.90 Å². The normalized spacial score (nSPS) is 11.7. The number of nitrogens with two attached hydrogens (primary N) is 1. The minimum Gasteiger partial charge on any atom is -0.383 e. The Bertz CT molecular complexity index is 437. The van der Waals surface area contributed by atoms with Gasteiger partial charge < -0.3 is 15.4 Å². The fraction of sp³-hybridized carbons (Fsp3) is 0.385. The largest absolute Gasteiger partial charge is 0.383 e. The van der Waals surface area contributed by atoms with Crippen LogP contribution < -0.4 is 5.73 Å². The van der Waals surface area contributed by atoms with Gasteiger partial charge in [-0.2, -0.15) is 5.26 Å². The lowest BCUT2D eigenvalue weighted by molar-refractivity contribution is -0.132. The Balaban J connectivity index is 2.61. The molecule has 96 valence electrons. The van der Waals surface area contributed by atoms with Gasteiger partial charge in [-0.15, -0.1) is 0 Å². The van der Waals surface area contributed by atoms with Crippen LogP contribution in [-0.2, 0) is 16.1 Å². The van der Waals surface area contributed by atoms with Gasteiger partial charge in [-0.25, -0.2) is 0 Å². The second kappa shape index (κ2) is 6.74. The Morgan fingerprint density at radius 1 is 1.50 bits per heavy atom. The summed E-state index contributed by atoms with van der Waals surface area (Å²) in [6.07, 6.45) is 0. The number of nitriles is 1. The van der Waals surface area contributed by atoms with Crippen LogP contribution in [0.5, 0.6) is 0 Å². The average Bonchev–Trinajstić information content (AvgIpc) is 2.39. The maximum Gasteiger partial charge on any atom is 0.241 e. The molecule has 0 fully saturated rings. The van der Waals surface area contributed by atoms with E-state index in [1.807, 2.05) is 18.2 Å². The summed E-state index contributed by atoms with van der Waals surface area (Å²) in [7, 11) is 3.20. The highest BCUT2D eigenvalue weighted by atomic mass is 16.5. The first-order valence-electron chi connectivity index (χ1n) is 5.57. The molecule has 2 N–H and O–H groups in total. The molecular weight excluding hydrogens is 230 g/mol. The molecule has 1 unspecified atom stereocenters. The van der Waals surface area contributed by atoms with Gasteiger partial charge in [0.05, 0.1) is 18.2 Å². The fourth-order valence-corrected chi connectivity index (χ4v) is 1.57. The summed E-state index contributed by atoms with van der Waals surface area (Å²) >= 11 is 0. The lowest BCUT2D eigenvalue weighted by Gasteiger charge is -2.21. The van der Waals surface area contributed by atoms with Gasteiger partial charge >= 0.3 is 0 Å². The molecule has 0 saturated carbocycles. The van der Waals surface area contributed by atoms with Crippen molar-refractivity contribution >= 4 is 5.91 Å². The van der Waals surface area contributed by atoms with E-state index in [4.69, 9.17) is 15.7 Å². The lowest BCUT2D eigenvalue weighted by Crippen LogP contribution is -2.44. The quantitative estimate of drug-likeness (QED) is 0.821. The molecule has 1 amide bonds. The molecule has 0 heterocycles. The number of amides is 1. The van der Waals surface area contributed by atoms with Gasteiger partial charge in [-0.1, -0.05) is 12.1 Å². The SMILES string of the molecule is COCC(N)C(=O)N(C)Cc1ccc(C#N)cc1. The highest BCUT2D eigenvalue weighted by Gasteiger charge is 2.17. The zero-order valence-corrected chi connectivity index (χ0v) is 10.6. The zero-order chi connectivity index (χ0) is 13.5. The summed E-state index contributed by atoms with van der Waals surface area (Å²) in [5, 5.41) is 8.69. The van der Waals surface area contributed by atoms with E-state index in [1.165, 1.54) is 7.11 Å². The van der Waals surface area contributed by atoms with E-state index in [0.717, 1.165) is 5.56 Å². The van der Waals surface area contributed by atoms with E-state index in [2.05, 4.69) is 0 Å². The van der Waals surface area contributed by atoms with Crippen molar-refractivity contribution in [3.63, 3.8) is 0 Å². The molecule has 5 heteroatoms. The summed E-state index contributed by atoms with van der Waals surface area (Å²) < 4.78 is 4.85. The summed E-state index contributed by atoms with van der Waals surface area (Å²) in [6, 6.07) is 8.50. The van der Waals surface area contributed by atoms with Crippen molar-refractivity contribution in [2.75, 3.05) is 20.8 Å². The molecule has 1 atom stereocenters. The third-order valence-electron chi connectivity index (χ3n) is 2.54. The van der Waals surface area contributed by atoms with Gasteiger partial charge in [0.1, 0.15) is 6.04 Å².